The number of halogens is 2. The molecule has 2 rings (SSSR count). The van der Waals surface area contributed by atoms with E-state index in [1.165, 1.54) is 30.6 Å². The molecule has 2 unspecified atom stereocenters. The third kappa shape index (κ3) is 2.65. The fraction of sp³-hybridized carbons (Fsp3) is 0.636. The Labute approximate surface area is 99.2 Å². The molecule has 0 amide bonds. The van der Waals surface area contributed by atoms with Gasteiger partial charge in [-0.3, -0.25) is 0 Å². The molecule has 14 heavy (non-hydrogen) atoms. The first kappa shape index (κ1) is 10.8. The van der Waals surface area contributed by atoms with Crippen LogP contribution in [0.5, 0.6) is 0 Å². The molecule has 0 bridgehead atoms. The van der Waals surface area contributed by atoms with Crippen molar-refractivity contribution in [1.82, 2.24) is 0 Å². The summed E-state index contributed by atoms with van der Waals surface area (Å²) in [6.45, 7) is 0. The van der Waals surface area contributed by atoms with E-state index in [-0.39, 0.29) is 0 Å². The first-order chi connectivity index (χ1) is 6.75. The lowest BCUT2D eigenvalue weighted by molar-refractivity contribution is 0.365. The molecule has 1 aromatic heterocycles. The van der Waals surface area contributed by atoms with Gasteiger partial charge in [0.2, 0.25) is 0 Å². The maximum absolute atomic E-state index is 6.31. The van der Waals surface area contributed by atoms with E-state index in [2.05, 4.69) is 6.07 Å². The van der Waals surface area contributed by atoms with Crippen LogP contribution in [0.2, 0.25) is 4.34 Å². The average molecular weight is 249 g/mol. The van der Waals surface area contributed by atoms with Crippen LogP contribution in [0.15, 0.2) is 12.1 Å². The Kier molecular flexibility index (Phi) is 3.75. The zero-order chi connectivity index (χ0) is 9.97. The lowest BCUT2D eigenvalue weighted by Crippen LogP contribution is -2.21. The van der Waals surface area contributed by atoms with Crippen LogP contribution in [-0.2, 0) is 6.42 Å². The molecular weight excluding hydrogens is 235 g/mol. The number of hydrogen-bond acceptors (Lipinski definition) is 1. The Balaban J connectivity index is 1.95. The van der Waals surface area contributed by atoms with Crippen LogP contribution in [-0.4, -0.2) is 5.38 Å². The predicted molar refractivity (Wildman–Crippen MR) is 64.6 cm³/mol. The lowest BCUT2D eigenvalue weighted by atomic mass is 9.86. The second kappa shape index (κ2) is 4.87. The van der Waals surface area contributed by atoms with E-state index in [0.29, 0.717) is 11.3 Å². The minimum absolute atomic E-state index is 0.379. The maximum atomic E-state index is 6.31. The second-order valence-corrected chi connectivity index (χ2v) is 6.33. The van der Waals surface area contributed by atoms with Crippen molar-refractivity contribution in [2.24, 2.45) is 5.92 Å². The van der Waals surface area contributed by atoms with E-state index in [1.807, 2.05) is 6.07 Å². The van der Waals surface area contributed by atoms with Gasteiger partial charge in [-0.15, -0.1) is 22.9 Å². The highest BCUT2D eigenvalue weighted by Gasteiger charge is 2.23. The molecule has 1 heterocycles. The Hall–Kier alpha value is 0.280. The molecule has 0 N–H and O–H groups in total. The van der Waals surface area contributed by atoms with Crippen LogP contribution in [0, 0.1) is 5.92 Å². The summed E-state index contributed by atoms with van der Waals surface area (Å²) in [6, 6.07) is 4.11. The third-order valence-corrected chi connectivity index (χ3v) is 4.74. The smallest absolute Gasteiger partial charge is 0.0931 e. The van der Waals surface area contributed by atoms with E-state index in [4.69, 9.17) is 23.2 Å². The molecule has 1 fully saturated rings. The molecule has 0 radical (unpaired) electrons. The van der Waals surface area contributed by atoms with Gasteiger partial charge in [0.25, 0.3) is 0 Å². The van der Waals surface area contributed by atoms with Crippen LogP contribution in [0.3, 0.4) is 0 Å². The second-order valence-electron chi connectivity index (χ2n) is 3.97. The van der Waals surface area contributed by atoms with Gasteiger partial charge < -0.3 is 0 Å². The minimum Gasteiger partial charge on any atom is -0.128 e. The van der Waals surface area contributed by atoms with Crippen LogP contribution in [0.1, 0.15) is 30.6 Å². The summed E-state index contributed by atoms with van der Waals surface area (Å²) in [4.78, 5) is 1.38. The van der Waals surface area contributed by atoms with Crippen LogP contribution in [0.4, 0.5) is 0 Å². The molecule has 0 saturated heterocycles. The number of hydrogen-bond donors (Lipinski definition) is 0. The summed E-state index contributed by atoms with van der Waals surface area (Å²) in [7, 11) is 0. The normalized spacial score (nSPS) is 27.9. The zero-order valence-electron chi connectivity index (χ0n) is 8.01. The number of rotatable bonds is 2. The Morgan fingerprint density at radius 3 is 2.71 bits per heavy atom. The van der Waals surface area contributed by atoms with E-state index in [1.54, 1.807) is 11.3 Å². The van der Waals surface area contributed by atoms with Gasteiger partial charge in [0.05, 0.1) is 4.34 Å². The third-order valence-electron chi connectivity index (χ3n) is 2.91. The van der Waals surface area contributed by atoms with Gasteiger partial charge in [0, 0.05) is 10.3 Å². The average Bonchev–Trinajstić information content (AvgIpc) is 2.56. The van der Waals surface area contributed by atoms with Crippen molar-refractivity contribution in [3.63, 3.8) is 0 Å². The summed E-state index contributed by atoms with van der Waals surface area (Å²) in [5.74, 6) is 0.667. The summed E-state index contributed by atoms with van der Waals surface area (Å²) >= 11 is 13.9. The molecule has 0 aromatic carbocycles. The van der Waals surface area contributed by atoms with Crippen molar-refractivity contribution >= 4 is 34.5 Å². The highest BCUT2D eigenvalue weighted by Crippen LogP contribution is 2.33. The van der Waals surface area contributed by atoms with E-state index in [9.17, 15) is 0 Å². The van der Waals surface area contributed by atoms with Gasteiger partial charge in [-0.05, 0) is 37.3 Å². The topological polar surface area (TPSA) is 0 Å². The Bertz CT molecular complexity index is 295. The fourth-order valence-electron chi connectivity index (χ4n) is 2.11. The molecule has 1 saturated carbocycles. The van der Waals surface area contributed by atoms with Gasteiger partial charge >= 0.3 is 0 Å². The molecule has 1 aliphatic carbocycles. The summed E-state index contributed by atoms with van der Waals surface area (Å²) < 4.78 is 0.891. The van der Waals surface area contributed by atoms with Crippen LogP contribution >= 0.6 is 34.5 Å². The van der Waals surface area contributed by atoms with Crippen molar-refractivity contribution in [3.05, 3.63) is 21.3 Å². The molecule has 0 spiro atoms. The van der Waals surface area contributed by atoms with E-state index >= 15 is 0 Å². The Morgan fingerprint density at radius 2 is 2.07 bits per heavy atom. The van der Waals surface area contributed by atoms with Gasteiger partial charge in [-0.1, -0.05) is 24.4 Å². The Morgan fingerprint density at radius 1 is 1.29 bits per heavy atom. The molecule has 0 aliphatic heterocycles. The molecule has 3 heteroatoms. The molecule has 1 aliphatic rings. The van der Waals surface area contributed by atoms with Crippen molar-refractivity contribution in [2.45, 2.75) is 37.5 Å². The lowest BCUT2D eigenvalue weighted by Gasteiger charge is -2.26. The van der Waals surface area contributed by atoms with Gasteiger partial charge in [0.1, 0.15) is 0 Å². The van der Waals surface area contributed by atoms with Crippen molar-refractivity contribution in [3.8, 4) is 0 Å². The van der Waals surface area contributed by atoms with Crippen molar-refractivity contribution in [2.75, 3.05) is 0 Å². The molecule has 2 atom stereocenters. The van der Waals surface area contributed by atoms with Crippen LogP contribution in [0.25, 0.3) is 0 Å². The minimum atomic E-state index is 0.379. The largest absolute Gasteiger partial charge is 0.128 e. The SMILES string of the molecule is Clc1ccc(CC2CCCCC2Cl)s1. The highest BCUT2D eigenvalue weighted by molar-refractivity contribution is 7.16. The van der Waals surface area contributed by atoms with Crippen molar-refractivity contribution < 1.29 is 0 Å². The summed E-state index contributed by atoms with van der Waals surface area (Å²) in [6.07, 6.45) is 6.23. The molecule has 1 aromatic rings. The van der Waals surface area contributed by atoms with Crippen LogP contribution < -0.4 is 0 Å². The van der Waals surface area contributed by atoms with Crippen molar-refractivity contribution in [1.29, 1.82) is 0 Å². The molecule has 78 valence electrons. The fourth-order valence-corrected chi connectivity index (χ4v) is 3.66. The monoisotopic (exact) mass is 248 g/mol. The summed E-state index contributed by atoms with van der Waals surface area (Å²) in [5, 5.41) is 0.379. The van der Waals surface area contributed by atoms with Gasteiger partial charge in [-0.25, -0.2) is 0 Å². The number of alkyl halides is 1. The maximum Gasteiger partial charge on any atom is 0.0931 e. The molecule has 0 nitrogen and oxygen atoms in total. The zero-order valence-corrected chi connectivity index (χ0v) is 10.3. The standard InChI is InChI=1S/C11H14Cl2S/c12-10-4-2-1-3-8(10)7-9-5-6-11(13)14-9/h5-6,8,10H,1-4,7H2. The first-order valence-electron chi connectivity index (χ1n) is 5.14. The predicted octanol–water partition coefficient (Wildman–Crippen LogP) is 4.74. The van der Waals surface area contributed by atoms with Gasteiger partial charge in [-0.2, -0.15) is 0 Å². The number of thiophene rings is 1. The van der Waals surface area contributed by atoms with E-state index in [0.717, 1.165) is 10.8 Å². The highest BCUT2D eigenvalue weighted by atomic mass is 35.5. The quantitative estimate of drug-likeness (QED) is 0.664. The van der Waals surface area contributed by atoms with E-state index < -0.39 is 0 Å². The first-order valence-corrected chi connectivity index (χ1v) is 6.77. The van der Waals surface area contributed by atoms with Gasteiger partial charge in [0.15, 0.2) is 0 Å². The summed E-state index contributed by atoms with van der Waals surface area (Å²) in [5.41, 5.74) is 0. The molecular formula is C11H14Cl2S.